The van der Waals surface area contributed by atoms with Gasteiger partial charge in [-0.15, -0.1) is 11.8 Å². The molecule has 0 spiro atoms. The Bertz CT molecular complexity index is 333. The SMILES string of the molecule is COc1ccc(CS/C=C/C(C)(C)C)cc1. The Morgan fingerprint density at radius 2 is 1.81 bits per heavy atom. The predicted molar refractivity (Wildman–Crippen MR) is 72.9 cm³/mol. The minimum atomic E-state index is 0.271. The lowest BCUT2D eigenvalue weighted by Gasteiger charge is -2.10. The third kappa shape index (κ3) is 5.26. The van der Waals surface area contributed by atoms with Crippen LogP contribution in [0.15, 0.2) is 35.7 Å². The average Bonchev–Trinajstić information content (AvgIpc) is 2.24. The molecule has 1 nitrogen and oxygen atoms in total. The molecule has 16 heavy (non-hydrogen) atoms. The lowest BCUT2D eigenvalue weighted by molar-refractivity contribution is 0.414. The van der Waals surface area contributed by atoms with Crippen molar-refractivity contribution in [2.45, 2.75) is 26.5 Å². The van der Waals surface area contributed by atoms with E-state index in [1.54, 1.807) is 7.11 Å². The first-order chi connectivity index (χ1) is 7.51. The molecule has 0 bridgehead atoms. The number of thioether (sulfide) groups is 1. The van der Waals surface area contributed by atoms with Crippen molar-refractivity contribution in [3.63, 3.8) is 0 Å². The maximum Gasteiger partial charge on any atom is 0.118 e. The minimum absolute atomic E-state index is 0.271. The van der Waals surface area contributed by atoms with Gasteiger partial charge in [-0.1, -0.05) is 39.0 Å². The average molecular weight is 236 g/mol. The second-order valence-electron chi connectivity index (χ2n) is 4.83. The highest BCUT2D eigenvalue weighted by Crippen LogP contribution is 2.21. The lowest BCUT2D eigenvalue weighted by atomic mass is 9.98. The van der Waals surface area contributed by atoms with Gasteiger partial charge in [0.1, 0.15) is 5.75 Å². The van der Waals surface area contributed by atoms with Crippen LogP contribution in [0.25, 0.3) is 0 Å². The van der Waals surface area contributed by atoms with Crippen molar-refractivity contribution < 1.29 is 4.74 Å². The van der Waals surface area contributed by atoms with Gasteiger partial charge in [0.05, 0.1) is 7.11 Å². The quantitative estimate of drug-likeness (QED) is 0.762. The molecule has 0 amide bonds. The van der Waals surface area contributed by atoms with Gasteiger partial charge in [-0.2, -0.15) is 0 Å². The van der Waals surface area contributed by atoms with Crippen molar-refractivity contribution in [1.29, 1.82) is 0 Å². The van der Waals surface area contributed by atoms with Gasteiger partial charge >= 0.3 is 0 Å². The molecule has 0 unspecified atom stereocenters. The normalized spacial score (nSPS) is 12.0. The molecule has 0 fully saturated rings. The van der Waals surface area contributed by atoms with E-state index in [9.17, 15) is 0 Å². The molecule has 0 aliphatic heterocycles. The summed E-state index contributed by atoms with van der Waals surface area (Å²) in [4.78, 5) is 0. The molecule has 0 saturated heterocycles. The number of rotatable bonds is 4. The van der Waals surface area contributed by atoms with E-state index in [1.165, 1.54) is 5.56 Å². The van der Waals surface area contributed by atoms with E-state index in [0.717, 1.165) is 11.5 Å². The van der Waals surface area contributed by atoms with Crippen molar-refractivity contribution in [2.75, 3.05) is 7.11 Å². The topological polar surface area (TPSA) is 9.23 Å². The molecule has 0 atom stereocenters. The molecule has 2 heteroatoms. The molecule has 0 saturated carbocycles. The van der Waals surface area contributed by atoms with E-state index < -0.39 is 0 Å². The Morgan fingerprint density at radius 1 is 1.19 bits per heavy atom. The highest BCUT2D eigenvalue weighted by atomic mass is 32.2. The van der Waals surface area contributed by atoms with E-state index in [4.69, 9.17) is 4.74 Å². The Labute approximate surface area is 103 Å². The highest BCUT2D eigenvalue weighted by Gasteiger charge is 2.02. The summed E-state index contributed by atoms with van der Waals surface area (Å²) < 4.78 is 5.12. The van der Waals surface area contributed by atoms with Crippen LogP contribution < -0.4 is 4.74 Å². The van der Waals surface area contributed by atoms with Gasteiger partial charge in [-0.3, -0.25) is 0 Å². The van der Waals surface area contributed by atoms with Gasteiger partial charge in [0.2, 0.25) is 0 Å². The Morgan fingerprint density at radius 3 is 2.31 bits per heavy atom. The van der Waals surface area contributed by atoms with Gasteiger partial charge < -0.3 is 4.74 Å². The molecule has 0 aliphatic carbocycles. The van der Waals surface area contributed by atoms with Gasteiger partial charge in [-0.25, -0.2) is 0 Å². The molecule has 0 heterocycles. The third-order valence-electron chi connectivity index (χ3n) is 2.07. The molecule has 1 rings (SSSR count). The van der Waals surface area contributed by atoms with Crippen molar-refractivity contribution in [3.05, 3.63) is 41.3 Å². The highest BCUT2D eigenvalue weighted by molar-refractivity contribution is 8.01. The summed E-state index contributed by atoms with van der Waals surface area (Å²) >= 11 is 1.83. The number of hydrogen-bond donors (Lipinski definition) is 0. The summed E-state index contributed by atoms with van der Waals surface area (Å²) in [5.41, 5.74) is 1.59. The molecular weight excluding hydrogens is 216 g/mol. The van der Waals surface area contributed by atoms with E-state index in [2.05, 4.69) is 44.4 Å². The molecular formula is C14H20OS. The van der Waals surface area contributed by atoms with E-state index in [1.807, 2.05) is 23.9 Å². The predicted octanol–water partition coefficient (Wildman–Crippen LogP) is 4.49. The van der Waals surface area contributed by atoms with Gasteiger partial charge in [0.25, 0.3) is 0 Å². The monoisotopic (exact) mass is 236 g/mol. The fourth-order valence-corrected chi connectivity index (χ4v) is 2.10. The number of allylic oxidation sites excluding steroid dienone is 1. The van der Waals surface area contributed by atoms with Crippen LogP contribution in [0.5, 0.6) is 5.75 Å². The van der Waals surface area contributed by atoms with Crippen LogP contribution in [0.1, 0.15) is 26.3 Å². The first-order valence-electron chi connectivity index (χ1n) is 5.43. The summed E-state index contributed by atoms with van der Waals surface area (Å²) in [6.45, 7) is 6.62. The van der Waals surface area contributed by atoms with Crippen molar-refractivity contribution in [2.24, 2.45) is 5.41 Å². The van der Waals surface area contributed by atoms with Crippen LogP contribution >= 0.6 is 11.8 Å². The fourth-order valence-electron chi connectivity index (χ4n) is 1.12. The van der Waals surface area contributed by atoms with Crippen LogP contribution in [0.4, 0.5) is 0 Å². The Balaban J connectivity index is 2.40. The molecule has 0 aliphatic rings. The van der Waals surface area contributed by atoms with E-state index in [0.29, 0.717) is 0 Å². The zero-order valence-corrected chi connectivity index (χ0v) is 11.3. The number of benzene rings is 1. The number of methoxy groups -OCH3 is 1. The molecule has 0 radical (unpaired) electrons. The number of ether oxygens (including phenoxy) is 1. The maximum absolute atomic E-state index is 5.12. The maximum atomic E-state index is 5.12. The molecule has 1 aromatic carbocycles. The standard InChI is InChI=1S/C14H20OS/c1-14(2,3)9-10-16-11-12-5-7-13(15-4)8-6-12/h5-10H,11H2,1-4H3/b10-9+. The fraction of sp³-hybridized carbons (Fsp3) is 0.429. The summed E-state index contributed by atoms with van der Waals surface area (Å²) in [7, 11) is 1.69. The zero-order valence-electron chi connectivity index (χ0n) is 10.5. The lowest BCUT2D eigenvalue weighted by Crippen LogP contribution is -1.97. The van der Waals surface area contributed by atoms with E-state index in [-0.39, 0.29) is 5.41 Å². The van der Waals surface area contributed by atoms with Crippen LogP contribution in [0.3, 0.4) is 0 Å². The van der Waals surface area contributed by atoms with Crippen LogP contribution in [0, 0.1) is 5.41 Å². The second-order valence-corrected chi connectivity index (χ2v) is 5.72. The molecule has 0 aromatic heterocycles. The summed E-state index contributed by atoms with van der Waals surface area (Å²) in [6, 6.07) is 8.22. The summed E-state index contributed by atoms with van der Waals surface area (Å²) in [6.07, 6.45) is 2.24. The minimum Gasteiger partial charge on any atom is -0.497 e. The molecule has 1 aromatic rings. The Hall–Kier alpha value is -0.890. The zero-order chi connectivity index (χ0) is 12.0. The van der Waals surface area contributed by atoms with Crippen LogP contribution in [0.2, 0.25) is 0 Å². The van der Waals surface area contributed by atoms with Crippen LogP contribution in [-0.2, 0) is 5.75 Å². The smallest absolute Gasteiger partial charge is 0.118 e. The van der Waals surface area contributed by atoms with Gasteiger partial charge in [0, 0.05) is 5.75 Å². The largest absolute Gasteiger partial charge is 0.497 e. The molecule has 88 valence electrons. The van der Waals surface area contributed by atoms with E-state index >= 15 is 0 Å². The third-order valence-corrected chi connectivity index (χ3v) is 2.90. The first kappa shape index (κ1) is 13.2. The number of hydrogen-bond acceptors (Lipinski definition) is 2. The molecule has 0 N–H and O–H groups in total. The van der Waals surface area contributed by atoms with Gasteiger partial charge in [-0.05, 0) is 28.5 Å². The van der Waals surface area contributed by atoms with Crippen molar-refractivity contribution >= 4 is 11.8 Å². The second kappa shape index (κ2) is 6.00. The Kier molecular flexibility index (Phi) is 4.94. The van der Waals surface area contributed by atoms with Crippen LogP contribution in [-0.4, -0.2) is 7.11 Å². The van der Waals surface area contributed by atoms with Crippen molar-refractivity contribution in [1.82, 2.24) is 0 Å². The van der Waals surface area contributed by atoms with Crippen molar-refractivity contribution in [3.8, 4) is 5.75 Å². The summed E-state index contributed by atoms with van der Waals surface area (Å²) in [5.74, 6) is 1.93. The van der Waals surface area contributed by atoms with Gasteiger partial charge in [0.15, 0.2) is 0 Å². The summed E-state index contributed by atoms with van der Waals surface area (Å²) in [5, 5.41) is 2.18. The first-order valence-corrected chi connectivity index (χ1v) is 6.48.